The summed E-state index contributed by atoms with van der Waals surface area (Å²) < 4.78 is 37.8. The van der Waals surface area contributed by atoms with Crippen LogP contribution in [0.4, 0.5) is 18.3 Å². The quantitative estimate of drug-likeness (QED) is 0.249. The number of fused-ring (bicyclic) bond motifs is 1. The fraction of sp³-hybridized carbons (Fsp3) is 0.273. The summed E-state index contributed by atoms with van der Waals surface area (Å²) in [6.07, 6.45) is -3.76. The zero-order valence-corrected chi connectivity index (χ0v) is 20.9. The van der Waals surface area contributed by atoms with E-state index in [0.29, 0.717) is 22.7 Å². The first-order chi connectivity index (χ1) is 18.0. The average Bonchev–Trinajstić information content (AvgIpc) is 3.32. The number of alkyl halides is 3. The summed E-state index contributed by atoms with van der Waals surface area (Å²) >= 11 is 1.86. The number of aryl methyl sites for hydroxylation is 1. The number of anilines is 1. The van der Waals surface area contributed by atoms with E-state index in [2.05, 4.69) is 15.5 Å². The molecule has 4 rings (SSSR count). The SMILES string of the molecule is Cc1ccc(CON=C(C(=O)NC2C(=O)N3C(C(=O)O)=CCS[C@H]23)c2csc(NC(=O)C(F)(F)F)n2)cc1. The Morgan fingerprint density at radius 2 is 1.97 bits per heavy atom. The summed E-state index contributed by atoms with van der Waals surface area (Å²) in [5.41, 5.74) is 0.867. The Kier molecular flexibility index (Phi) is 7.73. The lowest BCUT2D eigenvalue weighted by Gasteiger charge is -2.48. The van der Waals surface area contributed by atoms with Crippen LogP contribution in [0.25, 0.3) is 0 Å². The second-order valence-corrected chi connectivity index (χ2v) is 9.97. The van der Waals surface area contributed by atoms with Crippen LogP contribution in [0.15, 0.2) is 46.6 Å². The van der Waals surface area contributed by atoms with Gasteiger partial charge in [0.2, 0.25) is 0 Å². The molecule has 2 atom stereocenters. The minimum Gasteiger partial charge on any atom is -0.477 e. The highest BCUT2D eigenvalue weighted by atomic mass is 32.2. The fourth-order valence-corrected chi connectivity index (χ4v) is 5.30. The molecule has 3 N–H and O–H groups in total. The molecule has 2 aliphatic heterocycles. The van der Waals surface area contributed by atoms with Crippen molar-refractivity contribution in [2.24, 2.45) is 5.16 Å². The Morgan fingerprint density at radius 1 is 1.26 bits per heavy atom. The van der Waals surface area contributed by atoms with Crippen LogP contribution in [-0.4, -0.2) is 67.7 Å². The standard InChI is InChI=1S/C22H18F3N5O6S2/c1-10-2-4-11(5-3-10)8-36-29-14(12-9-38-21(26-12)28-20(35)22(23,24)25)16(31)27-15-17(32)30-13(19(33)34)6-7-37-18(15)30/h2-6,9,15,18H,7-8H2,1H3,(H,27,31)(H,33,34)(H,26,28,35)/t15?,18-/m1/s1. The lowest BCUT2D eigenvalue weighted by atomic mass is 10.0. The van der Waals surface area contributed by atoms with Crippen molar-refractivity contribution in [1.29, 1.82) is 0 Å². The van der Waals surface area contributed by atoms with Gasteiger partial charge >= 0.3 is 18.1 Å². The van der Waals surface area contributed by atoms with Gasteiger partial charge in [-0.1, -0.05) is 35.0 Å². The molecule has 2 aliphatic rings. The predicted molar refractivity (Wildman–Crippen MR) is 130 cm³/mol. The first-order valence-electron chi connectivity index (χ1n) is 10.7. The summed E-state index contributed by atoms with van der Waals surface area (Å²) in [5, 5.41) is 17.3. The van der Waals surface area contributed by atoms with Gasteiger partial charge in [0.05, 0.1) is 0 Å². The van der Waals surface area contributed by atoms with E-state index in [1.165, 1.54) is 23.2 Å². The third-order valence-corrected chi connectivity index (χ3v) is 7.24. The van der Waals surface area contributed by atoms with E-state index in [0.717, 1.165) is 10.5 Å². The van der Waals surface area contributed by atoms with Gasteiger partial charge in [-0.25, -0.2) is 9.78 Å². The van der Waals surface area contributed by atoms with E-state index >= 15 is 0 Å². The molecular weight excluding hydrogens is 551 g/mol. The fourth-order valence-electron chi connectivity index (χ4n) is 3.42. The number of aromatic nitrogens is 1. The number of rotatable bonds is 8. The van der Waals surface area contributed by atoms with Crippen LogP contribution in [0.3, 0.4) is 0 Å². The molecule has 0 bridgehead atoms. The van der Waals surface area contributed by atoms with Crippen LogP contribution in [0.5, 0.6) is 0 Å². The zero-order chi connectivity index (χ0) is 27.6. The van der Waals surface area contributed by atoms with Gasteiger partial charge < -0.3 is 15.3 Å². The third kappa shape index (κ3) is 5.80. The summed E-state index contributed by atoms with van der Waals surface area (Å²) in [4.78, 5) is 58.6. The molecule has 0 aliphatic carbocycles. The first-order valence-corrected chi connectivity index (χ1v) is 12.7. The van der Waals surface area contributed by atoms with E-state index in [1.807, 2.05) is 19.1 Å². The minimum absolute atomic E-state index is 0.0553. The first kappa shape index (κ1) is 27.1. The van der Waals surface area contributed by atoms with Crippen molar-refractivity contribution in [3.8, 4) is 0 Å². The zero-order valence-electron chi connectivity index (χ0n) is 19.3. The molecule has 1 aromatic heterocycles. The largest absolute Gasteiger partial charge is 0.477 e. The maximum absolute atomic E-state index is 13.1. The lowest BCUT2D eigenvalue weighted by molar-refractivity contribution is -0.167. The monoisotopic (exact) mass is 569 g/mol. The van der Waals surface area contributed by atoms with Crippen LogP contribution >= 0.6 is 23.1 Å². The number of β-lactam (4-membered cyclic amide) rings is 1. The third-order valence-electron chi connectivity index (χ3n) is 5.30. The van der Waals surface area contributed by atoms with Gasteiger partial charge in [-0.3, -0.25) is 24.6 Å². The molecule has 2 aromatic rings. The average molecular weight is 570 g/mol. The number of thiazole rings is 1. The van der Waals surface area contributed by atoms with Crippen LogP contribution in [0, 0.1) is 6.92 Å². The number of carbonyl (C=O) groups is 4. The molecule has 0 saturated carbocycles. The van der Waals surface area contributed by atoms with Gasteiger partial charge in [-0.05, 0) is 18.6 Å². The van der Waals surface area contributed by atoms with Crippen molar-refractivity contribution in [2.45, 2.75) is 31.1 Å². The topological polar surface area (TPSA) is 150 Å². The van der Waals surface area contributed by atoms with Gasteiger partial charge in [0.15, 0.2) is 10.8 Å². The van der Waals surface area contributed by atoms with Crippen molar-refractivity contribution in [2.75, 3.05) is 11.1 Å². The molecule has 1 aromatic carbocycles. The Balaban J connectivity index is 1.53. The number of oxime groups is 1. The number of halogens is 3. The summed E-state index contributed by atoms with van der Waals surface area (Å²) in [6, 6.07) is 6.13. The number of benzene rings is 1. The Labute approximate surface area is 220 Å². The van der Waals surface area contributed by atoms with E-state index in [4.69, 9.17) is 4.84 Å². The number of nitrogens with one attached hydrogen (secondary N) is 2. The Bertz CT molecular complexity index is 1340. The summed E-state index contributed by atoms with van der Waals surface area (Å²) in [6.45, 7) is 1.84. The van der Waals surface area contributed by atoms with Gasteiger partial charge in [0.25, 0.3) is 11.8 Å². The maximum atomic E-state index is 13.1. The Morgan fingerprint density at radius 3 is 2.63 bits per heavy atom. The summed E-state index contributed by atoms with van der Waals surface area (Å²) in [5.74, 6) is -4.81. The predicted octanol–water partition coefficient (Wildman–Crippen LogP) is 2.24. The number of carboxylic acid groups (broad SMARTS) is 1. The summed E-state index contributed by atoms with van der Waals surface area (Å²) in [7, 11) is 0. The van der Waals surface area contributed by atoms with Gasteiger partial charge in [0.1, 0.15) is 29.4 Å². The molecule has 200 valence electrons. The van der Waals surface area contributed by atoms with Crippen molar-refractivity contribution in [1.82, 2.24) is 15.2 Å². The normalized spacial score (nSPS) is 19.2. The number of hydrogen-bond donors (Lipinski definition) is 3. The van der Waals surface area contributed by atoms with Crippen molar-refractivity contribution >= 4 is 57.6 Å². The Hall–Kier alpha value is -3.92. The number of nitrogens with zero attached hydrogens (tertiary/aromatic N) is 3. The molecular formula is C22H18F3N5O6S2. The van der Waals surface area contributed by atoms with Gasteiger partial charge in [0, 0.05) is 11.1 Å². The molecule has 3 amide bonds. The molecule has 1 fully saturated rings. The molecule has 1 unspecified atom stereocenters. The van der Waals surface area contributed by atoms with Crippen LogP contribution in [-0.2, 0) is 30.6 Å². The van der Waals surface area contributed by atoms with Crippen LogP contribution < -0.4 is 10.6 Å². The van der Waals surface area contributed by atoms with E-state index in [9.17, 15) is 37.5 Å². The van der Waals surface area contributed by atoms with E-state index < -0.39 is 52.1 Å². The number of thioether (sulfide) groups is 1. The molecule has 0 spiro atoms. The highest BCUT2D eigenvalue weighted by Crippen LogP contribution is 2.37. The number of carboxylic acids is 1. The van der Waals surface area contributed by atoms with Crippen molar-refractivity contribution < 1.29 is 42.3 Å². The number of amides is 3. The highest BCUT2D eigenvalue weighted by molar-refractivity contribution is 8.00. The van der Waals surface area contributed by atoms with E-state index in [1.54, 1.807) is 17.4 Å². The molecule has 11 nitrogen and oxygen atoms in total. The molecule has 16 heteroatoms. The maximum Gasteiger partial charge on any atom is 0.471 e. The van der Waals surface area contributed by atoms with Gasteiger partial charge in [-0.15, -0.1) is 23.1 Å². The van der Waals surface area contributed by atoms with Crippen molar-refractivity contribution in [3.05, 3.63) is 58.2 Å². The van der Waals surface area contributed by atoms with Crippen molar-refractivity contribution in [3.63, 3.8) is 0 Å². The molecule has 38 heavy (non-hydrogen) atoms. The number of aliphatic carboxylic acids is 1. The van der Waals surface area contributed by atoms with Crippen LogP contribution in [0.2, 0.25) is 0 Å². The highest BCUT2D eigenvalue weighted by Gasteiger charge is 2.53. The smallest absolute Gasteiger partial charge is 0.471 e. The van der Waals surface area contributed by atoms with Crippen LogP contribution in [0.1, 0.15) is 16.8 Å². The second-order valence-electron chi connectivity index (χ2n) is 7.97. The number of carbonyl (C=O) groups excluding carboxylic acids is 3. The van der Waals surface area contributed by atoms with E-state index in [-0.39, 0.29) is 18.0 Å². The molecule has 0 radical (unpaired) electrons. The number of hydrogen-bond acceptors (Lipinski definition) is 9. The van der Waals surface area contributed by atoms with Gasteiger partial charge in [-0.2, -0.15) is 13.2 Å². The molecule has 3 heterocycles. The molecule has 1 saturated heterocycles. The second kappa shape index (κ2) is 10.8. The lowest BCUT2D eigenvalue weighted by Crippen LogP contribution is -2.70. The minimum atomic E-state index is -5.14.